The molecule has 0 saturated heterocycles. The highest BCUT2D eigenvalue weighted by Crippen LogP contribution is 2.19. The Morgan fingerprint density at radius 3 is 2.45 bits per heavy atom. The van der Waals surface area contributed by atoms with Crippen LogP contribution in [0.15, 0.2) is 24.3 Å². The van der Waals surface area contributed by atoms with E-state index in [1.807, 2.05) is 13.8 Å². The van der Waals surface area contributed by atoms with Crippen molar-refractivity contribution in [1.82, 2.24) is 10.6 Å². The Balaban J connectivity index is 1.88. The molecule has 5 heteroatoms. The van der Waals surface area contributed by atoms with Crippen molar-refractivity contribution in [2.45, 2.75) is 45.2 Å². The molecule has 1 aromatic rings. The summed E-state index contributed by atoms with van der Waals surface area (Å²) < 4.78 is 0. The molecule has 1 aromatic carbocycles. The van der Waals surface area contributed by atoms with Gasteiger partial charge in [0.15, 0.2) is 0 Å². The minimum absolute atomic E-state index is 0.0895. The fourth-order valence-electron chi connectivity index (χ4n) is 1.69. The van der Waals surface area contributed by atoms with Crippen LogP contribution in [0, 0.1) is 0 Å². The van der Waals surface area contributed by atoms with Crippen LogP contribution < -0.4 is 16.0 Å². The monoisotopic (exact) mass is 275 g/mol. The Labute approximate surface area is 119 Å². The molecule has 20 heavy (non-hydrogen) atoms. The normalized spacial score (nSPS) is 15.3. The predicted octanol–water partition coefficient (Wildman–Crippen LogP) is 2.50. The molecule has 3 N–H and O–H groups in total. The minimum Gasteiger partial charge on any atom is -0.350 e. The summed E-state index contributed by atoms with van der Waals surface area (Å²) in [6.45, 7) is 3.99. The lowest BCUT2D eigenvalue weighted by Gasteiger charge is -2.12. The largest absolute Gasteiger partial charge is 0.350 e. The molecule has 3 amide bonds. The number of amides is 3. The lowest BCUT2D eigenvalue weighted by atomic mass is 10.1. The van der Waals surface area contributed by atoms with Crippen molar-refractivity contribution < 1.29 is 9.59 Å². The lowest BCUT2D eigenvalue weighted by molar-refractivity contribution is 0.0939. The third-order valence-electron chi connectivity index (χ3n) is 3.31. The quantitative estimate of drug-likeness (QED) is 0.772. The van der Waals surface area contributed by atoms with Gasteiger partial charge in [-0.1, -0.05) is 6.92 Å². The van der Waals surface area contributed by atoms with Gasteiger partial charge in [0.25, 0.3) is 5.91 Å². The predicted molar refractivity (Wildman–Crippen MR) is 78.8 cm³/mol. The molecule has 0 bridgehead atoms. The summed E-state index contributed by atoms with van der Waals surface area (Å²) in [5.74, 6) is -0.0895. The van der Waals surface area contributed by atoms with E-state index in [1.165, 1.54) is 0 Å². The Morgan fingerprint density at radius 2 is 1.90 bits per heavy atom. The van der Waals surface area contributed by atoms with Crippen LogP contribution in [0.25, 0.3) is 0 Å². The molecule has 1 unspecified atom stereocenters. The van der Waals surface area contributed by atoms with Crippen LogP contribution in [-0.4, -0.2) is 24.0 Å². The van der Waals surface area contributed by atoms with E-state index < -0.39 is 0 Å². The van der Waals surface area contributed by atoms with Crippen LogP contribution in [0.2, 0.25) is 0 Å². The highest BCUT2D eigenvalue weighted by molar-refractivity contribution is 5.95. The molecule has 1 aliphatic carbocycles. The number of nitrogens with one attached hydrogen (secondary N) is 3. The molecule has 1 fully saturated rings. The maximum absolute atomic E-state index is 11.9. The number of carbonyl (C=O) groups excluding carboxylic acids is 2. The first kappa shape index (κ1) is 14.4. The molecular formula is C15H21N3O2. The van der Waals surface area contributed by atoms with Crippen molar-refractivity contribution in [1.29, 1.82) is 0 Å². The van der Waals surface area contributed by atoms with Crippen molar-refractivity contribution in [2.75, 3.05) is 5.32 Å². The summed E-state index contributed by atoms with van der Waals surface area (Å²) in [5, 5.41) is 8.50. The first-order valence-corrected chi connectivity index (χ1v) is 7.07. The summed E-state index contributed by atoms with van der Waals surface area (Å²) >= 11 is 0. The molecule has 5 nitrogen and oxygen atoms in total. The van der Waals surface area contributed by atoms with Gasteiger partial charge in [-0.05, 0) is 50.5 Å². The Hall–Kier alpha value is -2.04. The fraction of sp³-hybridized carbons (Fsp3) is 0.467. The molecule has 0 aliphatic heterocycles. The fourth-order valence-corrected chi connectivity index (χ4v) is 1.69. The Kier molecular flexibility index (Phi) is 4.61. The van der Waals surface area contributed by atoms with E-state index >= 15 is 0 Å². The van der Waals surface area contributed by atoms with Crippen molar-refractivity contribution in [3.8, 4) is 0 Å². The SMILES string of the molecule is CCC(C)NC(=O)c1ccc(NC(=O)NC2CC2)cc1. The second-order valence-corrected chi connectivity index (χ2v) is 5.23. The minimum atomic E-state index is -0.190. The van der Waals surface area contributed by atoms with Crippen LogP contribution >= 0.6 is 0 Å². The molecule has 0 heterocycles. The number of anilines is 1. The van der Waals surface area contributed by atoms with Gasteiger partial charge in [0.1, 0.15) is 0 Å². The number of rotatable bonds is 5. The Morgan fingerprint density at radius 1 is 1.25 bits per heavy atom. The first-order valence-electron chi connectivity index (χ1n) is 7.07. The van der Waals surface area contributed by atoms with E-state index in [-0.39, 0.29) is 18.0 Å². The van der Waals surface area contributed by atoms with Gasteiger partial charge >= 0.3 is 6.03 Å². The third-order valence-corrected chi connectivity index (χ3v) is 3.31. The van der Waals surface area contributed by atoms with Crippen LogP contribution in [-0.2, 0) is 0 Å². The van der Waals surface area contributed by atoms with Crippen molar-refractivity contribution >= 4 is 17.6 Å². The number of hydrogen-bond acceptors (Lipinski definition) is 2. The topological polar surface area (TPSA) is 70.2 Å². The van der Waals surface area contributed by atoms with E-state index in [9.17, 15) is 9.59 Å². The van der Waals surface area contributed by atoms with Gasteiger partial charge < -0.3 is 16.0 Å². The maximum atomic E-state index is 11.9. The molecular weight excluding hydrogens is 254 g/mol. The smallest absolute Gasteiger partial charge is 0.319 e. The van der Waals surface area contributed by atoms with Gasteiger partial charge in [0, 0.05) is 23.3 Å². The standard InChI is InChI=1S/C15H21N3O2/c1-3-10(2)16-14(19)11-4-6-12(7-5-11)17-15(20)18-13-8-9-13/h4-7,10,13H,3,8-9H2,1-2H3,(H,16,19)(H2,17,18,20). The van der Waals surface area contributed by atoms with Gasteiger partial charge in [-0.2, -0.15) is 0 Å². The summed E-state index contributed by atoms with van der Waals surface area (Å²) in [7, 11) is 0. The number of carbonyl (C=O) groups is 2. The maximum Gasteiger partial charge on any atom is 0.319 e. The van der Waals surface area contributed by atoms with Crippen LogP contribution in [0.5, 0.6) is 0 Å². The molecule has 1 atom stereocenters. The van der Waals surface area contributed by atoms with Crippen molar-refractivity contribution in [3.05, 3.63) is 29.8 Å². The second-order valence-electron chi connectivity index (χ2n) is 5.23. The summed E-state index contributed by atoms with van der Waals surface area (Å²) in [5.41, 5.74) is 1.28. The van der Waals surface area contributed by atoms with Gasteiger partial charge in [-0.25, -0.2) is 4.79 Å². The average molecular weight is 275 g/mol. The van der Waals surface area contributed by atoms with Crippen LogP contribution in [0.1, 0.15) is 43.5 Å². The lowest BCUT2D eigenvalue weighted by Crippen LogP contribution is -2.32. The molecule has 0 spiro atoms. The van der Waals surface area contributed by atoms with Gasteiger partial charge in [-0.15, -0.1) is 0 Å². The summed E-state index contributed by atoms with van der Waals surface area (Å²) in [6, 6.07) is 7.19. The zero-order valence-corrected chi connectivity index (χ0v) is 11.9. The van der Waals surface area contributed by atoms with Crippen molar-refractivity contribution in [3.63, 3.8) is 0 Å². The molecule has 108 valence electrons. The van der Waals surface area contributed by atoms with Gasteiger partial charge in [-0.3, -0.25) is 4.79 Å². The van der Waals surface area contributed by atoms with Crippen molar-refractivity contribution in [2.24, 2.45) is 0 Å². The highest BCUT2D eigenvalue weighted by Gasteiger charge is 2.23. The van der Waals surface area contributed by atoms with E-state index in [2.05, 4.69) is 16.0 Å². The second kappa shape index (κ2) is 6.41. The molecule has 1 saturated carbocycles. The van der Waals surface area contributed by atoms with Crippen LogP contribution in [0.4, 0.5) is 10.5 Å². The Bertz CT molecular complexity index is 480. The summed E-state index contributed by atoms with van der Waals surface area (Å²) in [4.78, 5) is 23.5. The molecule has 1 aliphatic rings. The van der Waals surface area contributed by atoms with E-state index in [1.54, 1.807) is 24.3 Å². The van der Waals surface area contributed by atoms with E-state index in [4.69, 9.17) is 0 Å². The number of benzene rings is 1. The molecule has 2 rings (SSSR count). The molecule has 0 aromatic heterocycles. The summed E-state index contributed by atoms with van der Waals surface area (Å²) in [6.07, 6.45) is 3.01. The average Bonchev–Trinajstić information content (AvgIpc) is 3.23. The van der Waals surface area contributed by atoms with E-state index in [0.717, 1.165) is 19.3 Å². The van der Waals surface area contributed by atoms with E-state index in [0.29, 0.717) is 17.3 Å². The van der Waals surface area contributed by atoms with Gasteiger partial charge in [0.2, 0.25) is 0 Å². The molecule has 0 radical (unpaired) electrons. The number of hydrogen-bond donors (Lipinski definition) is 3. The highest BCUT2D eigenvalue weighted by atomic mass is 16.2. The third kappa shape index (κ3) is 4.26. The van der Waals surface area contributed by atoms with Gasteiger partial charge in [0.05, 0.1) is 0 Å². The zero-order valence-electron chi connectivity index (χ0n) is 11.9. The first-order chi connectivity index (χ1) is 9.58. The number of urea groups is 1. The van der Waals surface area contributed by atoms with Crippen LogP contribution in [0.3, 0.4) is 0 Å². The zero-order chi connectivity index (χ0) is 14.5.